The highest BCUT2D eigenvalue weighted by Gasteiger charge is 2.35. The molecule has 1 amide bonds. The van der Waals surface area contributed by atoms with Crippen molar-refractivity contribution in [3.05, 3.63) is 0 Å². The Morgan fingerprint density at radius 1 is 1.82 bits per heavy atom. The lowest BCUT2D eigenvalue weighted by Gasteiger charge is -2.29. The molecular weight excluding hydrogens is 142 g/mol. The summed E-state index contributed by atoms with van der Waals surface area (Å²) in [5.74, 6) is -0.190. The minimum Gasteiger partial charge on any atom is -0.354 e. The third-order valence-electron chi connectivity index (χ3n) is 1.93. The van der Waals surface area contributed by atoms with Gasteiger partial charge in [-0.2, -0.15) is 5.26 Å². The molecule has 1 rings (SSSR count). The molecule has 0 aromatic rings. The number of carbonyl (C=O) groups excluding carboxylic acids is 1. The number of amides is 1. The van der Waals surface area contributed by atoms with Crippen LogP contribution < -0.4 is 11.1 Å². The fraction of sp³-hybridized carbons (Fsp3) is 0.714. The quantitative estimate of drug-likeness (QED) is 0.533. The second kappa shape index (κ2) is 2.89. The van der Waals surface area contributed by atoms with Gasteiger partial charge in [-0.25, -0.2) is 0 Å². The second-order valence-electron chi connectivity index (χ2n) is 2.85. The van der Waals surface area contributed by atoms with E-state index >= 15 is 0 Å². The number of nitrogens with one attached hydrogen (secondary N) is 1. The summed E-state index contributed by atoms with van der Waals surface area (Å²) in [7, 11) is 0. The average Bonchev–Trinajstić information content (AvgIpc) is 1.96. The highest BCUT2D eigenvalue weighted by Crippen LogP contribution is 2.17. The Morgan fingerprint density at radius 2 is 2.55 bits per heavy atom. The topological polar surface area (TPSA) is 78.9 Å². The smallest absolute Gasteiger partial charge is 0.241 e. The van der Waals surface area contributed by atoms with Gasteiger partial charge in [0.25, 0.3) is 0 Å². The summed E-state index contributed by atoms with van der Waals surface area (Å²) in [5, 5.41) is 11.0. The molecular formula is C7H11N3O. The van der Waals surface area contributed by atoms with Crippen molar-refractivity contribution >= 4 is 5.91 Å². The molecule has 1 aliphatic heterocycles. The first-order valence-electron chi connectivity index (χ1n) is 3.63. The standard InChI is InChI=1S/C7H11N3O/c8-4-3-7(9)2-1-5-10-6(7)11/h1-3,5,9H2,(H,10,11)/t7-/m1/s1. The van der Waals surface area contributed by atoms with Crippen molar-refractivity contribution in [2.75, 3.05) is 6.54 Å². The molecule has 4 heteroatoms. The van der Waals surface area contributed by atoms with Crippen LogP contribution in [-0.2, 0) is 4.79 Å². The summed E-state index contributed by atoms with van der Waals surface area (Å²) in [4.78, 5) is 11.1. The van der Waals surface area contributed by atoms with Gasteiger partial charge in [0.15, 0.2) is 0 Å². The Hall–Kier alpha value is -1.08. The summed E-state index contributed by atoms with van der Waals surface area (Å²) in [6.45, 7) is 0.684. The molecule has 1 atom stereocenters. The first kappa shape index (κ1) is 8.02. The molecule has 1 heterocycles. The van der Waals surface area contributed by atoms with Crippen LogP contribution >= 0.6 is 0 Å². The van der Waals surface area contributed by atoms with Gasteiger partial charge in [0.05, 0.1) is 12.5 Å². The van der Waals surface area contributed by atoms with Gasteiger partial charge in [-0.05, 0) is 12.8 Å². The molecule has 11 heavy (non-hydrogen) atoms. The number of carbonyl (C=O) groups is 1. The molecule has 0 spiro atoms. The fourth-order valence-corrected chi connectivity index (χ4v) is 1.21. The molecule has 4 nitrogen and oxygen atoms in total. The number of rotatable bonds is 1. The van der Waals surface area contributed by atoms with Gasteiger partial charge in [0, 0.05) is 6.54 Å². The van der Waals surface area contributed by atoms with E-state index in [2.05, 4.69) is 5.32 Å². The molecule has 0 aromatic heterocycles. The summed E-state index contributed by atoms with van der Waals surface area (Å²) >= 11 is 0. The van der Waals surface area contributed by atoms with Gasteiger partial charge in [0.2, 0.25) is 5.91 Å². The minimum atomic E-state index is -0.924. The number of hydrogen-bond acceptors (Lipinski definition) is 3. The normalized spacial score (nSPS) is 30.7. The number of nitrogens with two attached hydrogens (primary N) is 1. The van der Waals surface area contributed by atoms with Crippen LogP contribution in [0.5, 0.6) is 0 Å². The second-order valence-corrected chi connectivity index (χ2v) is 2.85. The Bertz CT molecular complexity index is 208. The lowest BCUT2D eigenvalue weighted by Crippen LogP contribution is -2.57. The number of piperidine rings is 1. The average molecular weight is 153 g/mol. The Morgan fingerprint density at radius 3 is 3.09 bits per heavy atom. The first-order valence-corrected chi connectivity index (χ1v) is 3.63. The van der Waals surface area contributed by atoms with E-state index < -0.39 is 5.54 Å². The van der Waals surface area contributed by atoms with Crippen LogP contribution in [0.4, 0.5) is 0 Å². The monoisotopic (exact) mass is 153 g/mol. The van der Waals surface area contributed by atoms with Crippen molar-refractivity contribution in [1.82, 2.24) is 5.32 Å². The first-order chi connectivity index (χ1) is 5.19. The predicted molar refractivity (Wildman–Crippen MR) is 39.4 cm³/mol. The van der Waals surface area contributed by atoms with Crippen molar-refractivity contribution in [3.8, 4) is 6.07 Å². The zero-order valence-electron chi connectivity index (χ0n) is 6.26. The van der Waals surface area contributed by atoms with E-state index in [4.69, 9.17) is 11.0 Å². The highest BCUT2D eigenvalue weighted by atomic mass is 16.2. The molecule has 0 aliphatic carbocycles. The highest BCUT2D eigenvalue weighted by molar-refractivity contribution is 5.87. The van der Waals surface area contributed by atoms with Crippen molar-refractivity contribution in [1.29, 1.82) is 5.26 Å². The third kappa shape index (κ3) is 1.49. The van der Waals surface area contributed by atoms with Gasteiger partial charge < -0.3 is 11.1 Å². The van der Waals surface area contributed by atoms with Crippen LogP contribution in [0.25, 0.3) is 0 Å². The van der Waals surface area contributed by atoms with Crippen LogP contribution in [0.2, 0.25) is 0 Å². The molecule has 0 aromatic carbocycles. The molecule has 1 aliphatic rings. The summed E-state index contributed by atoms with van der Waals surface area (Å²) in [5.41, 5.74) is 4.75. The molecule has 60 valence electrons. The van der Waals surface area contributed by atoms with Gasteiger partial charge in [-0.3, -0.25) is 4.79 Å². The van der Waals surface area contributed by atoms with Crippen LogP contribution in [-0.4, -0.2) is 18.0 Å². The van der Waals surface area contributed by atoms with Crippen molar-refractivity contribution in [2.24, 2.45) is 5.73 Å². The molecule has 0 saturated carbocycles. The van der Waals surface area contributed by atoms with Crippen LogP contribution in [0.1, 0.15) is 19.3 Å². The van der Waals surface area contributed by atoms with Gasteiger partial charge in [0.1, 0.15) is 5.54 Å². The largest absolute Gasteiger partial charge is 0.354 e. The zero-order valence-corrected chi connectivity index (χ0v) is 6.26. The molecule has 0 radical (unpaired) electrons. The molecule has 1 fully saturated rings. The van der Waals surface area contributed by atoms with E-state index in [0.29, 0.717) is 13.0 Å². The number of nitrogens with zero attached hydrogens (tertiary/aromatic N) is 1. The number of hydrogen-bond donors (Lipinski definition) is 2. The maximum Gasteiger partial charge on any atom is 0.241 e. The zero-order chi connectivity index (χ0) is 8.32. The van der Waals surface area contributed by atoms with E-state index in [-0.39, 0.29) is 12.3 Å². The maximum atomic E-state index is 11.1. The maximum absolute atomic E-state index is 11.1. The molecule has 0 unspecified atom stereocenters. The summed E-state index contributed by atoms with van der Waals surface area (Å²) in [6.07, 6.45) is 1.59. The number of nitriles is 1. The molecule has 0 bridgehead atoms. The Kier molecular flexibility index (Phi) is 2.11. The lowest BCUT2D eigenvalue weighted by molar-refractivity contribution is -0.127. The SMILES string of the molecule is N#CC[C@]1(N)CCCNC1=O. The molecule has 1 saturated heterocycles. The van der Waals surface area contributed by atoms with Crippen LogP contribution in [0.15, 0.2) is 0 Å². The van der Waals surface area contributed by atoms with E-state index in [0.717, 1.165) is 6.42 Å². The minimum absolute atomic E-state index is 0.110. The Labute approximate surface area is 65.4 Å². The van der Waals surface area contributed by atoms with Crippen LogP contribution in [0, 0.1) is 11.3 Å². The fourth-order valence-electron chi connectivity index (χ4n) is 1.21. The van der Waals surface area contributed by atoms with Gasteiger partial charge >= 0.3 is 0 Å². The van der Waals surface area contributed by atoms with Crippen molar-refractivity contribution in [3.63, 3.8) is 0 Å². The third-order valence-corrected chi connectivity index (χ3v) is 1.93. The van der Waals surface area contributed by atoms with E-state index in [9.17, 15) is 4.79 Å². The molecule has 3 N–H and O–H groups in total. The van der Waals surface area contributed by atoms with Crippen LogP contribution in [0.3, 0.4) is 0 Å². The summed E-state index contributed by atoms with van der Waals surface area (Å²) in [6, 6.07) is 1.92. The van der Waals surface area contributed by atoms with Gasteiger partial charge in [-0.1, -0.05) is 0 Å². The predicted octanol–water partition coefficient (Wildman–Crippen LogP) is -0.492. The van der Waals surface area contributed by atoms with E-state index in [1.807, 2.05) is 6.07 Å². The lowest BCUT2D eigenvalue weighted by atomic mass is 9.88. The van der Waals surface area contributed by atoms with Crippen molar-refractivity contribution in [2.45, 2.75) is 24.8 Å². The van der Waals surface area contributed by atoms with E-state index in [1.165, 1.54) is 0 Å². The van der Waals surface area contributed by atoms with Gasteiger partial charge in [-0.15, -0.1) is 0 Å². The van der Waals surface area contributed by atoms with E-state index in [1.54, 1.807) is 0 Å². The summed E-state index contributed by atoms with van der Waals surface area (Å²) < 4.78 is 0. The van der Waals surface area contributed by atoms with Crippen molar-refractivity contribution < 1.29 is 4.79 Å². The Balaban J connectivity index is 2.66.